The van der Waals surface area contributed by atoms with E-state index in [1.165, 1.54) is 6.08 Å². The van der Waals surface area contributed by atoms with Gasteiger partial charge in [-0.2, -0.15) is 0 Å². The molecule has 0 aromatic carbocycles. The molecule has 0 aliphatic carbocycles. The van der Waals surface area contributed by atoms with Crippen LogP contribution in [0.5, 0.6) is 0 Å². The first kappa shape index (κ1) is 14.7. The molecule has 0 amide bonds. The van der Waals surface area contributed by atoms with Crippen LogP contribution in [0.4, 0.5) is 0 Å². The summed E-state index contributed by atoms with van der Waals surface area (Å²) >= 11 is 0. The molecule has 0 unspecified atom stereocenters. The van der Waals surface area contributed by atoms with Crippen LogP contribution in [-0.2, 0) is 19.1 Å². The smallest absolute Gasteiger partial charge is 0.334 e. The van der Waals surface area contributed by atoms with E-state index in [0.717, 1.165) is 12.8 Å². The van der Waals surface area contributed by atoms with Crippen molar-refractivity contribution in [3.05, 3.63) is 11.6 Å². The highest BCUT2D eigenvalue weighted by molar-refractivity contribution is 5.96. The molecule has 0 aliphatic rings. The van der Waals surface area contributed by atoms with E-state index < -0.39 is 11.9 Å². The number of carbonyl (C=O) groups excluding carboxylic acids is 2. The van der Waals surface area contributed by atoms with Gasteiger partial charge >= 0.3 is 11.9 Å². The van der Waals surface area contributed by atoms with Gasteiger partial charge in [-0.3, -0.25) is 0 Å². The Morgan fingerprint density at radius 1 is 1.06 bits per heavy atom. The number of ether oxygens (including phenoxy) is 2. The van der Waals surface area contributed by atoms with E-state index in [9.17, 15) is 9.59 Å². The molecule has 0 aromatic rings. The molecule has 0 fully saturated rings. The number of esters is 2. The molecule has 0 saturated carbocycles. The molecule has 0 rings (SSSR count). The summed E-state index contributed by atoms with van der Waals surface area (Å²) in [5.74, 6) is -0.911. The van der Waals surface area contributed by atoms with E-state index in [1.807, 2.05) is 6.92 Å². The minimum Gasteiger partial charge on any atom is -0.463 e. The van der Waals surface area contributed by atoms with Crippen molar-refractivity contribution in [2.75, 3.05) is 13.2 Å². The molecule has 0 radical (unpaired) electrons. The minimum absolute atomic E-state index is 0.305. The quantitative estimate of drug-likeness (QED) is 0.495. The standard InChI is InChI=1S/C12H20O4/c1-4-7-8-10(12(14)16-6-3)9-11(13)15-5-2/h9H,4-8H2,1-3H3/b10-9+. The summed E-state index contributed by atoms with van der Waals surface area (Å²) in [5.41, 5.74) is 0.391. The fourth-order valence-corrected chi connectivity index (χ4v) is 1.15. The maximum atomic E-state index is 11.5. The Bertz CT molecular complexity index is 256. The summed E-state index contributed by atoms with van der Waals surface area (Å²) in [7, 11) is 0. The van der Waals surface area contributed by atoms with Gasteiger partial charge in [0, 0.05) is 11.6 Å². The zero-order valence-corrected chi connectivity index (χ0v) is 10.2. The Kier molecular flexibility index (Phi) is 8.21. The maximum absolute atomic E-state index is 11.5. The number of rotatable bonds is 7. The second kappa shape index (κ2) is 8.95. The molecule has 0 spiro atoms. The molecule has 0 atom stereocenters. The Morgan fingerprint density at radius 2 is 1.69 bits per heavy atom. The van der Waals surface area contributed by atoms with Gasteiger partial charge in [0.15, 0.2) is 0 Å². The van der Waals surface area contributed by atoms with Crippen molar-refractivity contribution in [3.8, 4) is 0 Å². The molecule has 16 heavy (non-hydrogen) atoms. The van der Waals surface area contributed by atoms with Crippen molar-refractivity contribution in [3.63, 3.8) is 0 Å². The zero-order chi connectivity index (χ0) is 12.4. The summed E-state index contributed by atoms with van der Waals surface area (Å²) in [5, 5.41) is 0. The van der Waals surface area contributed by atoms with Gasteiger partial charge in [-0.1, -0.05) is 13.3 Å². The Labute approximate surface area is 96.6 Å². The maximum Gasteiger partial charge on any atom is 0.334 e. The van der Waals surface area contributed by atoms with Crippen molar-refractivity contribution in [1.82, 2.24) is 0 Å². The fourth-order valence-electron chi connectivity index (χ4n) is 1.15. The largest absolute Gasteiger partial charge is 0.463 e. The van der Waals surface area contributed by atoms with Crippen molar-refractivity contribution in [2.45, 2.75) is 40.0 Å². The first-order valence-corrected chi connectivity index (χ1v) is 5.70. The lowest BCUT2D eigenvalue weighted by Crippen LogP contribution is -2.11. The van der Waals surface area contributed by atoms with Crippen molar-refractivity contribution < 1.29 is 19.1 Å². The van der Waals surface area contributed by atoms with Crippen LogP contribution in [-0.4, -0.2) is 25.2 Å². The third-order valence-corrected chi connectivity index (χ3v) is 1.92. The van der Waals surface area contributed by atoms with Crippen LogP contribution in [0, 0.1) is 0 Å². The normalized spacial score (nSPS) is 11.1. The lowest BCUT2D eigenvalue weighted by atomic mass is 10.1. The highest BCUT2D eigenvalue weighted by Gasteiger charge is 2.12. The van der Waals surface area contributed by atoms with Gasteiger partial charge in [-0.15, -0.1) is 0 Å². The Hall–Kier alpha value is -1.32. The zero-order valence-electron chi connectivity index (χ0n) is 10.2. The highest BCUT2D eigenvalue weighted by atomic mass is 16.5. The predicted octanol–water partition coefficient (Wildman–Crippen LogP) is 2.23. The number of carbonyl (C=O) groups is 2. The fraction of sp³-hybridized carbons (Fsp3) is 0.667. The van der Waals surface area contributed by atoms with E-state index in [0.29, 0.717) is 25.2 Å². The van der Waals surface area contributed by atoms with Crippen LogP contribution in [0.3, 0.4) is 0 Å². The SMILES string of the molecule is CCCC/C(=C\C(=O)OCC)C(=O)OCC. The lowest BCUT2D eigenvalue weighted by Gasteiger charge is -2.06. The molecular weight excluding hydrogens is 208 g/mol. The van der Waals surface area contributed by atoms with E-state index >= 15 is 0 Å². The third-order valence-electron chi connectivity index (χ3n) is 1.92. The van der Waals surface area contributed by atoms with Crippen LogP contribution in [0.1, 0.15) is 40.0 Å². The second-order valence-electron chi connectivity index (χ2n) is 3.25. The van der Waals surface area contributed by atoms with Gasteiger partial charge < -0.3 is 9.47 Å². The van der Waals surface area contributed by atoms with Gasteiger partial charge in [0.2, 0.25) is 0 Å². The molecule has 4 heteroatoms. The van der Waals surface area contributed by atoms with Gasteiger partial charge in [0.1, 0.15) is 0 Å². The van der Waals surface area contributed by atoms with Crippen molar-refractivity contribution in [2.24, 2.45) is 0 Å². The summed E-state index contributed by atoms with van der Waals surface area (Å²) in [6, 6.07) is 0. The Morgan fingerprint density at radius 3 is 2.19 bits per heavy atom. The van der Waals surface area contributed by atoms with Crippen LogP contribution < -0.4 is 0 Å². The van der Waals surface area contributed by atoms with E-state index in [2.05, 4.69) is 0 Å². The van der Waals surface area contributed by atoms with Crippen molar-refractivity contribution in [1.29, 1.82) is 0 Å². The molecule has 4 nitrogen and oxygen atoms in total. The van der Waals surface area contributed by atoms with Gasteiger partial charge in [0.25, 0.3) is 0 Å². The molecule has 0 saturated heterocycles. The topological polar surface area (TPSA) is 52.6 Å². The van der Waals surface area contributed by atoms with Crippen LogP contribution in [0.15, 0.2) is 11.6 Å². The minimum atomic E-state index is -0.485. The van der Waals surface area contributed by atoms with Crippen LogP contribution in [0.25, 0.3) is 0 Å². The number of unbranched alkanes of at least 4 members (excludes halogenated alkanes) is 1. The molecule has 92 valence electrons. The van der Waals surface area contributed by atoms with E-state index in [4.69, 9.17) is 9.47 Å². The van der Waals surface area contributed by atoms with Gasteiger partial charge in [-0.05, 0) is 26.7 Å². The second-order valence-corrected chi connectivity index (χ2v) is 3.25. The van der Waals surface area contributed by atoms with Crippen LogP contribution >= 0.6 is 0 Å². The summed E-state index contributed by atoms with van der Waals surface area (Å²) in [6.45, 7) is 6.10. The molecule has 0 bridgehead atoms. The molecular formula is C12H20O4. The first-order valence-electron chi connectivity index (χ1n) is 5.70. The van der Waals surface area contributed by atoms with E-state index in [1.54, 1.807) is 13.8 Å². The number of hydrogen-bond acceptors (Lipinski definition) is 4. The highest BCUT2D eigenvalue weighted by Crippen LogP contribution is 2.09. The molecule has 0 aromatic heterocycles. The summed E-state index contributed by atoms with van der Waals surface area (Å²) < 4.78 is 9.62. The van der Waals surface area contributed by atoms with Crippen molar-refractivity contribution >= 4 is 11.9 Å². The van der Waals surface area contributed by atoms with Gasteiger partial charge in [0.05, 0.1) is 13.2 Å². The monoisotopic (exact) mass is 228 g/mol. The molecule has 0 N–H and O–H groups in total. The number of hydrogen-bond donors (Lipinski definition) is 0. The average Bonchev–Trinajstić information content (AvgIpc) is 2.24. The van der Waals surface area contributed by atoms with Gasteiger partial charge in [-0.25, -0.2) is 9.59 Å². The molecule has 0 heterocycles. The predicted molar refractivity (Wildman–Crippen MR) is 60.9 cm³/mol. The molecule has 0 aliphatic heterocycles. The Balaban J connectivity index is 4.51. The average molecular weight is 228 g/mol. The lowest BCUT2D eigenvalue weighted by molar-refractivity contribution is -0.141. The first-order chi connectivity index (χ1) is 7.65. The third kappa shape index (κ3) is 6.22. The summed E-state index contributed by atoms with van der Waals surface area (Å²) in [4.78, 5) is 22.7. The van der Waals surface area contributed by atoms with E-state index in [-0.39, 0.29) is 0 Å². The van der Waals surface area contributed by atoms with Crippen LogP contribution in [0.2, 0.25) is 0 Å². The summed E-state index contributed by atoms with van der Waals surface area (Å²) in [6.07, 6.45) is 3.59.